The summed E-state index contributed by atoms with van der Waals surface area (Å²) in [7, 11) is -1.68. The minimum atomic E-state index is -1.68. The van der Waals surface area contributed by atoms with E-state index in [4.69, 9.17) is 14.0 Å². The Morgan fingerprint density at radius 1 is 0.920 bits per heavy atom. The van der Waals surface area contributed by atoms with E-state index in [1.165, 1.54) is 0 Å². The molecule has 1 aliphatic rings. The fourth-order valence-corrected chi connectivity index (χ4v) is 4.24. The van der Waals surface area contributed by atoms with Gasteiger partial charge < -0.3 is 0 Å². The molecule has 1 unspecified atom stereocenters. The summed E-state index contributed by atoms with van der Waals surface area (Å²) in [6, 6.07) is 7.27. The largest absolute Gasteiger partial charge is 0 e. The zero-order valence-corrected chi connectivity index (χ0v) is 16.9. The van der Waals surface area contributed by atoms with Gasteiger partial charge in [-0.15, -0.1) is 0 Å². The van der Waals surface area contributed by atoms with Gasteiger partial charge in [0.25, 0.3) is 0 Å². The van der Waals surface area contributed by atoms with E-state index in [-0.39, 0.29) is 34.0 Å². The Bertz CT molecular complexity index is 629. The molecule has 1 aliphatic carbocycles. The Hall–Kier alpha value is -1.47. The molecule has 5 nitrogen and oxygen atoms in total. The van der Waals surface area contributed by atoms with Gasteiger partial charge in [0.15, 0.2) is 11.6 Å². The van der Waals surface area contributed by atoms with Crippen LogP contribution in [0, 0.1) is 20.0 Å². The number of ketones is 2. The summed E-state index contributed by atoms with van der Waals surface area (Å²) in [6.45, 7) is 22.2. The second kappa shape index (κ2) is 12.8. The van der Waals surface area contributed by atoms with Crippen molar-refractivity contribution in [2.45, 2.75) is 44.4 Å². The molecule has 0 bridgehead atoms. The van der Waals surface area contributed by atoms with Crippen LogP contribution in [-0.2, 0) is 31.3 Å². The maximum Gasteiger partial charge on any atom is 0 e. The average molecular weight is 396 g/mol. The molecule has 0 spiro atoms. The maximum atomic E-state index is 12.8. The topological polar surface area (TPSA) is 93.8 Å². The molecular formula is C18H20CrO5Si. The fraction of sp³-hybridized carbons (Fsp3) is 0.389. The second-order valence-electron chi connectivity index (χ2n) is 6.38. The molecule has 132 valence electrons. The van der Waals surface area contributed by atoms with Crippen LogP contribution in [0.15, 0.2) is 24.3 Å². The first-order chi connectivity index (χ1) is 11.3. The summed E-state index contributed by atoms with van der Waals surface area (Å²) in [4.78, 5) is 25.0. The molecule has 2 rings (SSSR count). The molecule has 7 heteroatoms. The second-order valence-corrected chi connectivity index (χ2v) is 12.0. The molecule has 0 N–H and O–H groups in total. The van der Waals surface area contributed by atoms with Gasteiger partial charge in [0.2, 0.25) is 0 Å². The molecule has 0 heterocycles. The summed E-state index contributed by atoms with van der Waals surface area (Å²) >= 11 is 0. The summed E-state index contributed by atoms with van der Waals surface area (Å²) in [6.07, 6.45) is 1.18. The molecule has 0 radical (unpaired) electrons. The minimum Gasteiger partial charge on any atom is 0 e. The Morgan fingerprint density at radius 3 is 1.72 bits per heavy atom. The van der Waals surface area contributed by atoms with Gasteiger partial charge in [-0.25, -0.2) is 0 Å². The number of Topliss-reactive ketones (excluding diaryl/α,β-unsaturated/α-hetero) is 2. The molecule has 1 aromatic carbocycles. The third-order valence-corrected chi connectivity index (χ3v) is 8.27. The van der Waals surface area contributed by atoms with Crippen molar-refractivity contribution >= 4 is 19.6 Å². The number of carbonyl (C=O) groups excluding carboxylic acids is 2. The van der Waals surface area contributed by atoms with Gasteiger partial charge in [-0.1, -0.05) is 50.8 Å². The van der Waals surface area contributed by atoms with Gasteiger partial charge in [0, 0.05) is 39.9 Å². The number of rotatable bonds is 1. The van der Waals surface area contributed by atoms with Crippen LogP contribution in [0.3, 0.4) is 0 Å². The normalized spacial score (nSPS) is 18.0. The summed E-state index contributed by atoms with van der Waals surface area (Å²) in [5.41, 5.74) is 1.24. The summed E-state index contributed by atoms with van der Waals surface area (Å²) in [5.74, 6) is 0.282. The summed E-state index contributed by atoms with van der Waals surface area (Å²) in [5, 5.41) is -0.338. The number of hydrogen-bond acceptors (Lipinski definition) is 2. The van der Waals surface area contributed by atoms with Crippen LogP contribution >= 0.6 is 0 Å². The number of hydrogen-bond donors (Lipinski definition) is 0. The first kappa shape index (κ1) is 28.3. The minimum absolute atomic E-state index is 0. The van der Waals surface area contributed by atoms with Gasteiger partial charge in [0.05, 0.1) is 8.07 Å². The zero-order valence-electron chi connectivity index (χ0n) is 14.7. The molecule has 0 saturated heterocycles. The van der Waals surface area contributed by atoms with Crippen LogP contribution < -0.4 is 0 Å². The van der Waals surface area contributed by atoms with Crippen LogP contribution in [0.25, 0.3) is 0 Å². The number of fused-ring (bicyclic) bond motifs is 1. The van der Waals surface area contributed by atoms with Gasteiger partial charge in [-0.3, -0.25) is 9.59 Å². The first-order valence-electron chi connectivity index (χ1n) is 7.06. The Balaban J connectivity index is -0.000000626. The molecule has 0 aromatic heterocycles. The van der Waals surface area contributed by atoms with Gasteiger partial charge in [-0.05, 0) is 6.42 Å². The summed E-state index contributed by atoms with van der Waals surface area (Å²) < 4.78 is 22.5. The molecule has 1 atom stereocenters. The molecular weight excluding hydrogens is 376 g/mol. The van der Waals surface area contributed by atoms with Crippen molar-refractivity contribution in [3.05, 3.63) is 55.3 Å². The Kier molecular flexibility index (Phi) is 14.5. The van der Waals surface area contributed by atoms with E-state index in [2.05, 4.69) is 46.5 Å². The Morgan fingerprint density at radius 2 is 1.32 bits per heavy atom. The van der Waals surface area contributed by atoms with E-state index in [0.717, 1.165) is 0 Å². The van der Waals surface area contributed by atoms with Gasteiger partial charge >= 0.3 is 33.9 Å². The standard InChI is InChI=1S/C15H20O2Si.3CO.Cr/c1-15(18(2,3)4)10-9-13(16)11-7-5-6-8-12(11)14(15)17;3*1-2;/h5-8H,9-10H2,1-4H3;;;;. The zero-order chi connectivity index (χ0) is 19.6. The number of carbonyl (C=O) groups is 2. The van der Waals surface area contributed by atoms with Gasteiger partial charge in [0.1, 0.15) is 0 Å². The molecule has 0 saturated carbocycles. The first-order valence-corrected chi connectivity index (χ1v) is 10.6. The molecule has 1 aromatic rings. The van der Waals surface area contributed by atoms with E-state index in [1.807, 2.05) is 12.1 Å². The predicted molar refractivity (Wildman–Crippen MR) is 87.8 cm³/mol. The van der Waals surface area contributed by atoms with Crippen LogP contribution in [-0.4, -0.2) is 19.6 Å². The van der Waals surface area contributed by atoms with Crippen molar-refractivity contribution in [1.82, 2.24) is 0 Å². The monoisotopic (exact) mass is 396 g/mol. The molecule has 0 aliphatic heterocycles. The van der Waals surface area contributed by atoms with Crippen molar-refractivity contribution in [1.29, 1.82) is 0 Å². The van der Waals surface area contributed by atoms with Crippen molar-refractivity contribution in [3.63, 3.8) is 0 Å². The van der Waals surface area contributed by atoms with Crippen molar-refractivity contribution in [2.24, 2.45) is 0 Å². The smallest absolute Gasteiger partial charge is 0 e. The maximum absolute atomic E-state index is 12.8. The van der Waals surface area contributed by atoms with Crippen LogP contribution in [0.5, 0.6) is 0 Å². The molecule has 25 heavy (non-hydrogen) atoms. The fourth-order valence-electron chi connectivity index (χ4n) is 2.55. The van der Waals surface area contributed by atoms with E-state index >= 15 is 0 Å². The van der Waals surface area contributed by atoms with Crippen LogP contribution in [0.4, 0.5) is 0 Å². The van der Waals surface area contributed by atoms with E-state index < -0.39 is 8.07 Å². The van der Waals surface area contributed by atoms with Crippen molar-refractivity contribution < 1.29 is 40.9 Å². The molecule has 0 fully saturated rings. The quantitative estimate of drug-likeness (QED) is 0.312. The Labute approximate surface area is 160 Å². The van der Waals surface area contributed by atoms with Crippen molar-refractivity contribution in [3.8, 4) is 0 Å². The third-order valence-electron chi connectivity index (χ3n) is 4.48. The number of benzene rings is 1. The van der Waals surface area contributed by atoms with Crippen LogP contribution in [0.2, 0.25) is 24.7 Å². The van der Waals surface area contributed by atoms with E-state index in [9.17, 15) is 9.59 Å². The van der Waals surface area contributed by atoms with Crippen molar-refractivity contribution in [2.75, 3.05) is 0 Å². The van der Waals surface area contributed by atoms with Crippen LogP contribution in [0.1, 0.15) is 40.5 Å². The average Bonchev–Trinajstić information content (AvgIpc) is 2.71. The van der Waals surface area contributed by atoms with Gasteiger partial charge in [-0.2, -0.15) is 0 Å². The predicted octanol–water partition coefficient (Wildman–Crippen LogP) is 3.83. The SMILES string of the molecule is CC1([Si](C)(C)C)CCC(=O)c2ccccc2C1=O.[C-]#[O+].[C-]#[O+].[C-]#[O+].[Cr]. The van der Waals surface area contributed by atoms with E-state index in [1.54, 1.807) is 12.1 Å². The molecule has 0 amide bonds. The van der Waals surface area contributed by atoms with E-state index in [0.29, 0.717) is 24.0 Å². The third kappa shape index (κ3) is 6.40.